The molecule has 0 bridgehead atoms. The number of nitrogens with zero attached hydrogens (tertiary/aromatic N) is 5. The first kappa shape index (κ1) is 20.4. The fraction of sp³-hybridized carbons (Fsp3) is 0.364. The molecule has 0 N–H and O–H groups in total. The SMILES string of the molecule is Cc1nn(-c2ccccn2)c(C)c1N1CCN(Cc2ccc(C(F)(F)F)cc2)CC1. The van der Waals surface area contributed by atoms with E-state index >= 15 is 0 Å². The van der Waals surface area contributed by atoms with Crippen molar-refractivity contribution in [3.05, 3.63) is 71.2 Å². The predicted octanol–water partition coefficient (Wildman–Crippen LogP) is 4.23. The molecule has 8 heteroatoms. The van der Waals surface area contributed by atoms with Crippen LogP contribution in [0.1, 0.15) is 22.5 Å². The number of benzene rings is 1. The number of hydrogen-bond acceptors (Lipinski definition) is 4. The molecule has 2 aromatic heterocycles. The van der Waals surface area contributed by atoms with Crippen molar-refractivity contribution in [1.82, 2.24) is 19.7 Å². The Kier molecular flexibility index (Phi) is 5.51. The van der Waals surface area contributed by atoms with E-state index in [2.05, 4.69) is 26.8 Å². The van der Waals surface area contributed by atoms with Crippen LogP contribution >= 0.6 is 0 Å². The van der Waals surface area contributed by atoms with Crippen molar-refractivity contribution in [2.24, 2.45) is 0 Å². The summed E-state index contributed by atoms with van der Waals surface area (Å²) in [7, 11) is 0. The molecule has 0 unspecified atom stereocenters. The maximum atomic E-state index is 12.7. The first-order chi connectivity index (χ1) is 14.3. The van der Waals surface area contributed by atoms with Crippen LogP contribution in [-0.4, -0.2) is 45.8 Å². The predicted molar refractivity (Wildman–Crippen MR) is 110 cm³/mol. The Balaban J connectivity index is 1.41. The van der Waals surface area contributed by atoms with Crippen LogP contribution in [0.15, 0.2) is 48.7 Å². The van der Waals surface area contributed by atoms with E-state index < -0.39 is 11.7 Å². The third-order valence-corrected chi connectivity index (χ3v) is 5.50. The molecule has 1 fully saturated rings. The van der Waals surface area contributed by atoms with Crippen molar-refractivity contribution >= 4 is 5.69 Å². The van der Waals surface area contributed by atoms with Crippen LogP contribution in [-0.2, 0) is 12.7 Å². The minimum Gasteiger partial charge on any atom is -0.366 e. The summed E-state index contributed by atoms with van der Waals surface area (Å²) < 4.78 is 40.1. The van der Waals surface area contributed by atoms with Crippen LogP contribution in [0.3, 0.4) is 0 Å². The highest BCUT2D eigenvalue weighted by Gasteiger charge is 2.30. The largest absolute Gasteiger partial charge is 0.416 e. The van der Waals surface area contributed by atoms with E-state index in [-0.39, 0.29) is 0 Å². The molecule has 0 saturated carbocycles. The molecule has 1 aromatic carbocycles. The van der Waals surface area contributed by atoms with Gasteiger partial charge in [0.15, 0.2) is 5.82 Å². The first-order valence-corrected chi connectivity index (χ1v) is 9.94. The Labute approximate surface area is 173 Å². The summed E-state index contributed by atoms with van der Waals surface area (Å²) in [5.74, 6) is 0.797. The van der Waals surface area contributed by atoms with Gasteiger partial charge in [0.1, 0.15) is 0 Å². The van der Waals surface area contributed by atoms with Gasteiger partial charge in [-0.3, -0.25) is 4.90 Å². The quantitative estimate of drug-likeness (QED) is 0.639. The summed E-state index contributed by atoms with van der Waals surface area (Å²) in [5, 5.41) is 4.68. The van der Waals surface area contributed by atoms with Crippen LogP contribution in [0.25, 0.3) is 5.82 Å². The summed E-state index contributed by atoms with van der Waals surface area (Å²) in [6.45, 7) is 8.09. The summed E-state index contributed by atoms with van der Waals surface area (Å²) in [6.07, 6.45) is -2.54. The van der Waals surface area contributed by atoms with Crippen molar-refractivity contribution in [2.75, 3.05) is 31.1 Å². The lowest BCUT2D eigenvalue weighted by Crippen LogP contribution is -2.46. The molecule has 0 atom stereocenters. The van der Waals surface area contributed by atoms with Gasteiger partial charge in [-0.25, -0.2) is 9.67 Å². The number of aryl methyl sites for hydroxylation is 1. The number of alkyl halides is 3. The van der Waals surface area contributed by atoms with Crippen molar-refractivity contribution < 1.29 is 13.2 Å². The van der Waals surface area contributed by atoms with Gasteiger partial charge in [0.25, 0.3) is 0 Å². The number of rotatable bonds is 4. The Morgan fingerprint density at radius 3 is 2.23 bits per heavy atom. The molecule has 0 aliphatic carbocycles. The molecular weight excluding hydrogens is 391 g/mol. The van der Waals surface area contributed by atoms with Crippen molar-refractivity contribution in [3.8, 4) is 5.82 Å². The van der Waals surface area contributed by atoms with E-state index in [0.29, 0.717) is 6.54 Å². The maximum absolute atomic E-state index is 12.7. The summed E-state index contributed by atoms with van der Waals surface area (Å²) in [4.78, 5) is 9.00. The molecule has 30 heavy (non-hydrogen) atoms. The molecule has 3 heterocycles. The fourth-order valence-electron chi connectivity index (χ4n) is 3.98. The van der Waals surface area contributed by atoms with Crippen LogP contribution in [0.4, 0.5) is 18.9 Å². The van der Waals surface area contributed by atoms with Gasteiger partial charge in [0.05, 0.1) is 22.6 Å². The summed E-state index contributed by atoms with van der Waals surface area (Å²) in [5.41, 5.74) is 3.45. The summed E-state index contributed by atoms with van der Waals surface area (Å²) >= 11 is 0. The Morgan fingerprint density at radius 1 is 0.933 bits per heavy atom. The van der Waals surface area contributed by atoms with E-state index in [1.165, 1.54) is 0 Å². The lowest BCUT2D eigenvalue weighted by Gasteiger charge is -2.36. The number of piperazine rings is 1. The average molecular weight is 415 g/mol. The van der Waals surface area contributed by atoms with Gasteiger partial charge in [-0.15, -0.1) is 0 Å². The smallest absolute Gasteiger partial charge is 0.366 e. The zero-order valence-electron chi connectivity index (χ0n) is 17.0. The van der Waals surface area contributed by atoms with Crippen LogP contribution < -0.4 is 4.90 Å². The molecule has 1 aliphatic rings. The van der Waals surface area contributed by atoms with E-state index in [4.69, 9.17) is 0 Å². The van der Waals surface area contributed by atoms with Gasteiger partial charge in [0.2, 0.25) is 0 Å². The molecular formula is C22H24F3N5. The second-order valence-electron chi connectivity index (χ2n) is 7.58. The van der Waals surface area contributed by atoms with Crippen LogP contribution in [0.5, 0.6) is 0 Å². The standard InChI is InChI=1S/C22H24F3N5/c1-16-21(17(2)30(27-16)20-5-3-4-10-26-20)29-13-11-28(12-14-29)15-18-6-8-19(9-7-18)22(23,24)25/h3-10H,11-15H2,1-2H3. The minimum absolute atomic E-state index is 0.605. The third-order valence-electron chi connectivity index (χ3n) is 5.50. The lowest BCUT2D eigenvalue weighted by atomic mass is 10.1. The van der Waals surface area contributed by atoms with E-state index in [9.17, 15) is 13.2 Å². The molecule has 1 saturated heterocycles. The van der Waals surface area contributed by atoms with Crippen molar-refractivity contribution in [3.63, 3.8) is 0 Å². The fourth-order valence-corrected chi connectivity index (χ4v) is 3.98. The molecule has 0 amide bonds. The summed E-state index contributed by atoms with van der Waals surface area (Å²) in [6, 6.07) is 11.2. The van der Waals surface area contributed by atoms with Gasteiger partial charge < -0.3 is 4.90 Å². The maximum Gasteiger partial charge on any atom is 0.416 e. The Bertz CT molecular complexity index is 988. The zero-order valence-corrected chi connectivity index (χ0v) is 17.0. The monoisotopic (exact) mass is 415 g/mol. The van der Waals surface area contributed by atoms with E-state index in [1.807, 2.05) is 29.8 Å². The molecule has 3 aromatic rings. The third kappa shape index (κ3) is 4.18. The lowest BCUT2D eigenvalue weighted by molar-refractivity contribution is -0.137. The number of pyridine rings is 1. The molecule has 0 spiro atoms. The first-order valence-electron chi connectivity index (χ1n) is 9.94. The van der Waals surface area contributed by atoms with Gasteiger partial charge >= 0.3 is 6.18 Å². The molecule has 5 nitrogen and oxygen atoms in total. The number of halogens is 3. The second-order valence-corrected chi connectivity index (χ2v) is 7.58. The minimum atomic E-state index is -4.29. The number of anilines is 1. The normalized spacial score (nSPS) is 15.6. The Hall–Kier alpha value is -2.87. The molecule has 1 aliphatic heterocycles. The Morgan fingerprint density at radius 2 is 1.63 bits per heavy atom. The van der Waals surface area contributed by atoms with Gasteiger partial charge in [-0.05, 0) is 43.7 Å². The van der Waals surface area contributed by atoms with Crippen molar-refractivity contribution in [2.45, 2.75) is 26.6 Å². The van der Waals surface area contributed by atoms with Gasteiger partial charge in [-0.2, -0.15) is 18.3 Å². The highest BCUT2D eigenvalue weighted by Crippen LogP contribution is 2.30. The molecule has 158 valence electrons. The van der Waals surface area contributed by atoms with Gasteiger partial charge in [0, 0.05) is 38.9 Å². The van der Waals surface area contributed by atoms with E-state index in [1.54, 1.807) is 18.3 Å². The van der Waals surface area contributed by atoms with Crippen molar-refractivity contribution in [1.29, 1.82) is 0 Å². The highest BCUT2D eigenvalue weighted by atomic mass is 19.4. The topological polar surface area (TPSA) is 37.2 Å². The van der Waals surface area contributed by atoms with Crippen LogP contribution in [0, 0.1) is 13.8 Å². The number of aromatic nitrogens is 3. The molecule has 0 radical (unpaired) electrons. The molecule has 4 rings (SSSR count). The number of hydrogen-bond donors (Lipinski definition) is 0. The average Bonchev–Trinajstić information content (AvgIpc) is 3.03. The van der Waals surface area contributed by atoms with E-state index in [0.717, 1.165) is 66.8 Å². The second kappa shape index (κ2) is 8.10. The highest BCUT2D eigenvalue weighted by molar-refractivity contribution is 5.56. The zero-order chi connectivity index (χ0) is 21.3. The van der Waals surface area contributed by atoms with Gasteiger partial charge in [-0.1, -0.05) is 18.2 Å². The van der Waals surface area contributed by atoms with Crippen LogP contribution in [0.2, 0.25) is 0 Å².